The van der Waals surface area contributed by atoms with E-state index in [0.717, 1.165) is 23.7 Å². The molecule has 21 heavy (non-hydrogen) atoms. The van der Waals surface area contributed by atoms with Crippen LogP contribution >= 0.6 is 15.9 Å². The van der Waals surface area contributed by atoms with Crippen molar-refractivity contribution in [2.24, 2.45) is 0 Å². The molecule has 1 amide bonds. The second-order valence-corrected chi connectivity index (χ2v) is 5.99. The van der Waals surface area contributed by atoms with Crippen molar-refractivity contribution in [1.29, 1.82) is 0 Å². The lowest BCUT2D eigenvalue weighted by atomic mass is 9.81. The zero-order valence-electron chi connectivity index (χ0n) is 11.5. The Balaban J connectivity index is 2.11. The van der Waals surface area contributed by atoms with Crippen LogP contribution in [0.3, 0.4) is 0 Å². The van der Waals surface area contributed by atoms with Gasteiger partial charge in [-0.3, -0.25) is 4.79 Å². The number of rotatable bonds is 2. The summed E-state index contributed by atoms with van der Waals surface area (Å²) in [6.45, 7) is 0. The zero-order chi connectivity index (χ0) is 15.3. The molecule has 1 aromatic carbocycles. The van der Waals surface area contributed by atoms with Gasteiger partial charge < -0.3 is 10.4 Å². The topological polar surface area (TPSA) is 66.4 Å². The van der Waals surface area contributed by atoms with Gasteiger partial charge in [-0.25, -0.2) is 4.79 Å². The van der Waals surface area contributed by atoms with Crippen LogP contribution in [0.5, 0.6) is 0 Å². The first-order chi connectivity index (χ1) is 10.0. The van der Waals surface area contributed by atoms with E-state index in [1.54, 1.807) is 6.07 Å². The van der Waals surface area contributed by atoms with Crippen molar-refractivity contribution < 1.29 is 14.7 Å². The Labute approximate surface area is 132 Å². The zero-order valence-corrected chi connectivity index (χ0v) is 13.1. The van der Waals surface area contributed by atoms with Crippen LogP contribution in [-0.2, 0) is 9.59 Å². The third-order valence-electron chi connectivity index (χ3n) is 3.65. The van der Waals surface area contributed by atoms with Crippen molar-refractivity contribution in [3.63, 3.8) is 0 Å². The second-order valence-electron chi connectivity index (χ2n) is 5.13. The van der Waals surface area contributed by atoms with Crippen LogP contribution in [0.4, 0.5) is 0 Å². The van der Waals surface area contributed by atoms with Crippen molar-refractivity contribution in [3.8, 4) is 11.8 Å². The molecule has 0 saturated heterocycles. The maximum Gasteiger partial charge on any atom is 0.329 e. The standard InChI is InChI=1S/C16H16BrNO3/c17-13-7-3-2-6-12(13)8-9-14(19)18-16(15(20)21)10-4-1-5-11-16/h2-3,6-7H,1,4-5,10-11H2,(H,18,19)(H,20,21). The van der Waals surface area contributed by atoms with Crippen LogP contribution in [-0.4, -0.2) is 22.5 Å². The van der Waals surface area contributed by atoms with Crippen molar-refractivity contribution in [2.45, 2.75) is 37.6 Å². The van der Waals surface area contributed by atoms with Gasteiger partial charge in [0.25, 0.3) is 5.91 Å². The maximum atomic E-state index is 11.9. The largest absolute Gasteiger partial charge is 0.480 e. The minimum Gasteiger partial charge on any atom is -0.480 e. The summed E-state index contributed by atoms with van der Waals surface area (Å²) in [6.07, 6.45) is 3.55. The summed E-state index contributed by atoms with van der Waals surface area (Å²) in [6, 6.07) is 7.31. The maximum absolute atomic E-state index is 11.9. The van der Waals surface area contributed by atoms with Crippen LogP contribution in [0.1, 0.15) is 37.7 Å². The SMILES string of the molecule is O=C(C#Cc1ccccc1Br)NC1(C(=O)O)CCCCC1. The highest BCUT2D eigenvalue weighted by Gasteiger charge is 2.40. The van der Waals surface area contributed by atoms with Gasteiger partial charge in [-0.05, 0) is 40.9 Å². The normalized spacial score (nSPS) is 16.4. The summed E-state index contributed by atoms with van der Waals surface area (Å²) < 4.78 is 0.802. The molecule has 5 heteroatoms. The Morgan fingerprint density at radius 3 is 2.48 bits per heavy atom. The van der Waals surface area contributed by atoms with Crippen molar-refractivity contribution in [3.05, 3.63) is 34.3 Å². The van der Waals surface area contributed by atoms with Gasteiger partial charge in [0.15, 0.2) is 0 Å². The summed E-state index contributed by atoms with van der Waals surface area (Å²) in [5.41, 5.74) is -0.460. The highest BCUT2D eigenvalue weighted by molar-refractivity contribution is 9.10. The van der Waals surface area contributed by atoms with Gasteiger partial charge in [-0.2, -0.15) is 0 Å². The van der Waals surface area contributed by atoms with E-state index in [-0.39, 0.29) is 0 Å². The molecule has 0 atom stereocenters. The lowest BCUT2D eigenvalue weighted by Gasteiger charge is -2.33. The predicted molar refractivity (Wildman–Crippen MR) is 82.6 cm³/mol. The van der Waals surface area contributed by atoms with Gasteiger partial charge in [0.1, 0.15) is 5.54 Å². The minimum absolute atomic E-state index is 0.463. The molecule has 0 unspecified atom stereocenters. The lowest BCUT2D eigenvalue weighted by molar-refractivity contribution is -0.148. The first-order valence-electron chi connectivity index (χ1n) is 6.86. The molecule has 0 spiro atoms. The molecular formula is C16H16BrNO3. The van der Waals surface area contributed by atoms with E-state index in [1.807, 2.05) is 18.2 Å². The van der Waals surface area contributed by atoms with Crippen molar-refractivity contribution in [1.82, 2.24) is 5.32 Å². The molecule has 2 N–H and O–H groups in total. The molecule has 0 heterocycles. The summed E-state index contributed by atoms with van der Waals surface area (Å²) in [7, 11) is 0. The first-order valence-corrected chi connectivity index (χ1v) is 7.65. The van der Waals surface area contributed by atoms with E-state index >= 15 is 0 Å². The molecule has 1 aromatic rings. The van der Waals surface area contributed by atoms with Crippen LogP contribution in [0.15, 0.2) is 28.7 Å². The Bertz CT molecular complexity index is 609. The molecule has 1 saturated carbocycles. The molecule has 0 aliphatic heterocycles. The molecule has 4 nitrogen and oxygen atoms in total. The number of nitrogens with one attached hydrogen (secondary N) is 1. The molecule has 1 aliphatic rings. The van der Waals surface area contributed by atoms with Gasteiger partial charge >= 0.3 is 5.97 Å². The fraction of sp³-hybridized carbons (Fsp3) is 0.375. The lowest BCUT2D eigenvalue weighted by Crippen LogP contribution is -2.55. The highest BCUT2D eigenvalue weighted by atomic mass is 79.9. The number of carboxylic acids is 1. The minimum atomic E-state index is -1.15. The fourth-order valence-electron chi connectivity index (χ4n) is 2.48. The number of benzene rings is 1. The fourth-order valence-corrected chi connectivity index (χ4v) is 2.87. The van der Waals surface area contributed by atoms with E-state index in [1.165, 1.54) is 0 Å². The summed E-state index contributed by atoms with van der Waals surface area (Å²) in [5.74, 6) is 3.71. The van der Waals surface area contributed by atoms with E-state index in [0.29, 0.717) is 18.4 Å². The third-order valence-corrected chi connectivity index (χ3v) is 4.35. The molecule has 0 aromatic heterocycles. The van der Waals surface area contributed by atoms with Gasteiger partial charge in [0.2, 0.25) is 0 Å². The first kappa shape index (κ1) is 15.6. The molecule has 2 rings (SSSR count). The molecule has 0 bridgehead atoms. The number of carboxylic acid groups (broad SMARTS) is 1. The summed E-state index contributed by atoms with van der Waals surface area (Å²) >= 11 is 3.35. The van der Waals surface area contributed by atoms with E-state index in [2.05, 4.69) is 33.1 Å². The number of hydrogen-bond acceptors (Lipinski definition) is 2. The van der Waals surface area contributed by atoms with E-state index in [9.17, 15) is 14.7 Å². The monoisotopic (exact) mass is 349 g/mol. The van der Waals surface area contributed by atoms with Gasteiger partial charge in [-0.15, -0.1) is 0 Å². The molecular weight excluding hydrogens is 334 g/mol. The second kappa shape index (κ2) is 6.77. The number of carbonyl (C=O) groups is 2. The average Bonchev–Trinajstić information content (AvgIpc) is 2.47. The smallest absolute Gasteiger partial charge is 0.329 e. The van der Waals surface area contributed by atoms with Crippen molar-refractivity contribution >= 4 is 27.8 Å². The Morgan fingerprint density at radius 2 is 1.86 bits per heavy atom. The number of hydrogen-bond donors (Lipinski definition) is 2. The quantitative estimate of drug-likeness (QED) is 0.806. The van der Waals surface area contributed by atoms with Crippen LogP contribution in [0.25, 0.3) is 0 Å². The number of halogens is 1. The highest BCUT2D eigenvalue weighted by Crippen LogP contribution is 2.28. The Morgan fingerprint density at radius 1 is 1.19 bits per heavy atom. The van der Waals surface area contributed by atoms with E-state index in [4.69, 9.17) is 0 Å². The van der Waals surface area contributed by atoms with Crippen LogP contribution in [0.2, 0.25) is 0 Å². The average molecular weight is 350 g/mol. The third kappa shape index (κ3) is 3.85. The Hall–Kier alpha value is -1.80. The summed E-state index contributed by atoms with van der Waals surface area (Å²) in [4.78, 5) is 23.4. The van der Waals surface area contributed by atoms with Gasteiger partial charge in [0, 0.05) is 16.0 Å². The molecule has 110 valence electrons. The number of amides is 1. The molecule has 1 aliphatic carbocycles. The van der Waals surface area contributed by atoms with Gasteiger partial charge in [0.05, 0.1) is 0 Å². The van der Waals surface area contributed by atoms with E-state index < -0.39 is 17.4 Å². The molecule has 0 radical (unpaired) electrons. The van der Waals surface area contributed by atoms with Crippen LogP contribution < -0.4 is 5.32 Å². The predicted octanol–water partition coefficient (Wildman–Crippen LogP) is 2.70. The van der Waals surface area contributed by atoms with Crippen molar-refractivity contribution in [2.75, 3.05) is 0 Å². The summed E-state index contributed by atoms with van der Waals surface area (Å²) in [5, 5.41) is 12.0. The van der Waals surface area contributed by atoms with Crippen LogP contribution in [0, 0.1) is 11.8 Å². The number of carbonyl (C=O) groups excluding carboxylic acids is 1. The molecule has 1 fully saturated rings. The van der Waals surface area contributed by atoms with Gasteiger partial charge in [-0.1, -0.05) is 37.3 Å². The Kier molecular flexibility index (Phi) is 5.03. The number of aliphatic carboxylic acids is 1.